The average molecular weight is 613 g/mol. The molecule has 4 aromatic rings. The van der Waals surface area contributed by atoms with Crippen LogP contribution in [0.15, 0.2) is 91.0 Å². The Morgan fingerprint density at radius 1 is 0.500 bits per heavy atom. The van der Waals surface area contributed by atoms with Crippen LogP contribution in [0.2, 0.25) is 0 Å². The van der Waals surface area contributed by atoms with Crippen molar-refractivity contribution in [2.24, 2.45) is 0 Å². The predicted octanol–water partition coefficient (Wildman–Crippen LogP) is 10.0. The second-order valence-electron chi connectivity index (χ2n) is 12.2. The number of hydrogen-bond acceptors (Lipinski definition) is 3. The van der Waals surface area contributed by atoms with Gasteiger partial charge in [0.2, 0.25) is 0 Å². The number of para-hydroxylation sites is 1. The molecule has 0 aliphatic carbocycles. The van der Waals surface area contributed by atoms with Crippen molar-refractivity contribution in [1.29, 1.82) is 0 Å². The maximum atomic E-state index is 13.5. The Hall–Kier alpha value is -2.97. The molecule has 3 nitrogen and oxygen atoms in total. The molecular formula is C40H53O3P. The molecule has 0 amide bonds. The van der Waals surface area contributed by atoms with E-state index in [2.05, 4.69) is 76.2 Å². The van der Waals surface area contributed by atoms with E-state index in [0.29, 0.717) is 16.4 Å². The number of benzene rings is 4. The fourth-order valence-electron chi connectivity index (χ4n) is 6.15. The molecule has 0 radical (unpaired) electrons. The van der Waals surface area contributed by atoms with E-state index in [1.54, 1.807) is 0 Å². The van der Waals surface area contributed by atoms with Crippen LogP contribution < -0.4 is 15.1 Å². The predicted molar refractivity (Wildman–Crippen MR) is 190 cm³/mol. The number of rotatable bonds is 17. The zero-order chi connectivity index (χ0) is 31.4. The molecule has 236 valence electrons. The van der Waals surface area contributed by atoms with Gasteiger partial charge >= 0.3 is 267 Å². The first-order valence-electron chi connectivity index (χ1n) is 16.9. The summed E-state index contributed by atoms with van der Waals surface area (Å²) in [6.45, 7) is 8.75. The van der Waals surface area contributed by atoms with Crippen molar-refractivity contribution in [2.45, 2.75) is 105 Å². The molecular weight excluding hydrogens is 559 g/mol. The zero-order valence-corrected chi connectivity index (χ0v) is 28.3. The van der Waals surface area contributed by atoms with Crippen molar-refractivity contribution in [3.8, 4) is 16.9 Å². The van der Waals surface area contributed by atoms with E-state index in [4.69, 9.17) is 4.52 Å². The molecule has 0 heterocycles. The summed E-state index contributed by atoms with van der Waals surface area (Å²) in [4.78, 5) is 26.9. The van der Waals surface area contributed by atoms with Crippen LogP contribution in [0.3, 0.4) is 0 Å². The fourth-order valence-corrected chi connectivity index (χ4v) is 9.32. The molecule has 4 heteroatoms. The monoisotopic (exact) mass is 612 g/mol. The molecule has 0 saturated heterocycles. The van der Waals surface area contributed by atoms with E-state index in [1.807, 2.05) is 42.5 Å². The van der Waals surface area contributed by atoms with Gasteiger partial charge in [0.1, 0.15) is 0 Å². The summed E-state index contributed by atoms with van der Waals surface area (Å²) in [7, 11) is -5.26. The van der Waals surface area contributed by atoms with E-state index < -0.39 is 7.28 Å². The summed E-state index contributed by atoms with van der Waals surface area (Å²) < 4.78 is 7.09. The normalized spacial score (nSPS) is 12.5. The standard InChI is InChI=1S/C40H53O3P/c1-5-9-19-33-25-16-26-34(20-10-6-2)39(33)43-44(41,42,38-30-18-29-37(31-38)32-23-14-13-15-24-32)40-35(21-11-7-3)27-17-28-36(40)22-12-8-4/h13-18,23-31,41-42H,5-12,19-22H2,1-4H3. The van der Waals surface area contributed by atoms with Crippen LogP contribution in [0, 0.1) is 0 Å². The molecule has 0 atom stereocenters. The summed E-state index contributed by atoms with van der Waals surface area (Å²) in [5.74, 6) is 0.661. The summed E-state index contributed by atoms with van der Waals surface area (Å²) >= 11 is 0. The number of unbranched alkanes of at least 4 members (excludes halogenated alkanes) is 4. The average Bonchev–Trinajstić information content (AvgIpc) is 3.05. The quantitative estimate of drug-likeness (QED) is 0.117. The minimum absolute atomic E-state index is 0.450. The summed E-state index contributed by atoms with van der Waals surface area (Å²) in [6, 6.07) is 30.5. The molecule has 44 heavy (non-hydrogen) atoms. The molecule has 0 aliphatic rings. The van der Waals surface area contributed by atoms with Crippen LogP contribution in [0.25, 0.3) is 11.1 Å². The summed E-state index contributed by atoms with van der Waals surface area (Å²) in [5.41, 5.74) is 6.04. The Balaban J connectivity index is 2.05. The van der Waals surface area contributed by atoms with Crippen LogP contribution in [0.1, 0.15) is 101 Å². The molecule has 0 saturated carbocycles. The van der Waals surface area contributed by atoms with E-state index in [-0.39, 0.29) is 0 Å². The first-order valence-corrected chi connectivity index (χ1v) is 19.0. The van der Waals surface area contributed by atoms with E-state index >= 15 is 0 Å². The van der Waals surface area contributed by atoms with Crippen LogP contribution in [0.4, 0.5) is 0 Å². The van der Waals surface area contributed by atoms with Crippen molar-refractivity contribution < 1.29 is 14.3 Å². The summed E-state index contributed by atoms with van der Waals surface area (Å²) in [6.07, 6.45) is 11.3. The molecule has 4 aromatic carbocycles. The van der Waals surface area contributed by atoms with Gasteiger partial charge in [0, 0.05) is 0 Å². The molecule has 0 unspecified atom stereocenters. The third kappa shape index (κ3) is 7.81. The van der Waals surface area contributed by atoms with Gasteiger partial charge in [0.05, 0.1) is 0 Å². The minimum atomic E-state index is -5.26. The van der Waals surface area contributed by atoms with Gasteiger partial charge in [0.15, 0.2) is 0 Å². The SMILES string of the molecule is CCCCc1cccc(CCCC)c1OP(O)(O)(c1cccc(-c2ccccc2)c1)c1c(CCCC)cccc1CCCC. The fraction of sp³-hybridized carbons (Fsp3) is 0.400. The third-order valence-electron chi connectivity index (χ3n) is 8.67. The molecule has 0 aliphatic heterocycles. The van der Waals surface area contributed by atoms with Crippen LogP contribution >= 0.6 is 7.28 Å². The molecule has 0 spiro atoms. The summed E-state index contributed by atoms with van der Waals surface area (Å²) in [5, 5.41) is 1.06. The van der Waals surface area contributed by atoms with Gasteiger partial charge in [-0.25, -0.2) is 0 Å². The number of aryl methyl sites for hydroxylation is 4. The van der Waals surface area contributed by atoms with Gasteiger partial charge in [-0.2, -0.15) is 0 Å². The third-order valence-corrected chi connectivity index (χ3v) is 11.8. The number of hydrogen-bond donors (Lipinski definition) is 2. The Labute approximate surface area is 266 Å². The molecule has 0 bridgehead atoms. The van der Waals surface area contributed by atoms with E-state index in [0.717, 1.165) is 110 Å². The van der Waals surface area contributed by atoms with Crippen molar-refractivity contribution in [3.63, 3.8) is 0 Å². The van der Waals surface area contributed by atoms with Gasteiger partial charge in [-0.15, -0.1) is 0 Å². The van der Waals surface area contributed by atoms with Crippen LogP contribution in [0.5, 0.6) is 5.75 Å². The Morgan fingerprint density at radius 2 is 0.932 bits per heavy atom. The molecule has 0 fully saturated rings. The molecule has 0 aromatic heterocycles. The van der Waals surface area contributed by atoms with E-state index in [1.165, 1.54) is 0 Å². The van der Waals surface area contributed by atoms with Crippen LogP contribution in [-0.2, 0) is 25.7 Å². The first kappa shape index (κ1) is 33.9. The van der Waals surface area contributed by atoms with Gasteiger partial charge in [-0.05, 0) is 0 Å². The molecule has 2 N–H and O–H groups in total. The van der Waals surface area contributed by atoms with Crippen LogP contribution in [-0.4, -0.2) is 9.79 Å². The Kier molecular flexibility index (Phi) is 12.2. The first-order chi connectivity index (χ1) is 21.3. The van der Waals surface area contributed by atoms with E-state index in [9.17, 15) is 9.79 Å². The van der Waals surface area contributed by atoms with Crippen molar-refractivity contribution >= 4 is 17.9 Å². The second kappa shape index (κ2) is 15.8. The van der Waals surface area contributed by atoms with Gasteiger partial charge < -0.3 is 0 Å². The van der Waals surface area contributed by atoms with Gasteiger partial charge in [0.25, 0.3) is 0 Å². The van der Waals surface area contributed by atoms with Crippen molar-refractivity contribution in [3.05, 3.63) is 113 Å². The zero-order valence-electron chi connectivity index (χ0n) is 27.4. The topological polar surface area (TPSA) is 49.7 Å². The van der Waals surface area contributed by atoms with Gasteiger partial charge in [-0.1, -0.05) is 0 Å². The Bertz CT molecular complexity index is 1420. The second-order valence-corrected chi connectivity index (χ2v) is 15.2. The molecule has 4 rings (SSSR count). The van der Waals surface area contributed by atoms with Gasteiger partial charge in [-0.3, -0.25) is 0 Å². The maximum absolute atomic E-state index is 13.5. The van der Waals surface area contributed by atoms with Crippen molar-refractivity contribution in [2.75, 3.05) is 0 Å². The Morgan fingerprint density at radius 3 is 1.43 bits per heavy atom. The van der Waals surface area contributed by atoms with Crippen molar-refractivity contribution in [1.82, 2.24) is 0 Å².